The summed E-state index contributed by atoms with van der Waals surface area (Å²) >= 11 is 0. The molecule has 1 saturated carbocycles. The number of benzene rings is 3. The Labute approximate surface area is 273 Å². The molecule has 3 aromatic carbocycles. The maximum atomic E-state index is 13.6. The van der Waals surface area contributed by atoms with E-state index < -0.39 is 16.1 Å². The topological polar surface area (TPSA) is 77.9 Å². The second kappa shape index (κ2) is 13.0. The fourth-order valence-electron chi connectivity index (χ4n) is 7.81. The first-order valence-corrected chi connectivity index (χ1v) is 18.2. The van der Waals surface area contributed by atoms with E-state index in [2.05, 4.69) is 68.6 Å². The molecular weight excluding hydrogens is 595 g/mol. The zero-order valence-corrected chi connectivity index (χ0v) is 27.8. The van der Waals surface area contributed by atoms with Gasteiger partial charge in [-0.3, -0.25) is 9.69 Å². The van der Waals surface area contributed by atoms with Gasteiger partial charge in [0.1, 0.15) is 0 Å². The standard InChI is InChI=1S/C37H45N5O3S/c1-39-19-21-41(25-27-11-5-3-6-12-27)22-20-40(2)46(44,45)38-37(43)30-17-18-33-34(24-30)42-26-31(39)23-29-15-9-10-16-32(29)36(42)35(33)28-13-7-4-8-14-28/h3,5-6,9-12,15-18,24,28,31H,4,7-8,13-14,19-23,25-26H2,1-2H3,(H,38,43). The lowest BCUT2D eigenvalue weighted by Gasteiger charge is -2.32. The number of fused-ring (bicyclic) bond motifs is 4. The van der Waals surface area contributed by atoms with Gasteiger partial charge in [0.2, 0.25) is 0 Å². The second-order valence-corrected chi connectivity index (χ2v) is 15.2. The van der Waals surface area contributed by atoms with Crippen LogP contribution < -0.4 is 4.72 Å². The first-order chi connectivity index (χ1) is 22.3. The van der Waals surface area contributed by atoms with Crippen molar-refractivity contribution in [3.05, 3.63) is 95.1 Å². The summed E-state index contributed by atoms with van der Waals surface area (Å²) in [6.45, 7) is 3.98. The van der Waals surface area contributed by atoms with Crippen molar-refractivity contribution in [3.8, 4) is 11.3 Å². The molecule has 8 nitrogen and oxygen atoms in total. The maximum absolute atomic E-state index is 13.6. The van der Waals surface area contributed by atoms with E-state index in [4.69, 9.17) is 0 Å². The summed E-state index contributed by atoms with van der Waals surface area (Å²) in [6, 6.07) is 25.2. The normalized spacial score (nSPS) is 22.1. The van der Waals surface area contributed by atoms with Gasteiger partial charge in [0.15, 0.2) is 0 Å². The molecule has 46 heavy (non-hydrogen) atoms. The van der Waals surface area contributed by atoms with E-state index >= 15 is 0 Å². The highest BCUT2D eigenvalue weighted by Gasteiger charge is 2.33. The average molecular weight is 640 g/mol. The number of amides is 1. The average Bonchev–Trinajstić information content (AvgIpc) is 3.28. The van der Waals surface area contributed by atoms with Gasteiger partial charge in [0.25, 0.3) is 5.91 Å². The van der Waals surface area contributed by atoms with Crippen molar-refractivity contribution in [3.63, 3.8) is 0 Å². The summed E-state index contributed by atoms with van der Waals surface area (Å²) in [5, 5.41) is 1.19. The van der Waals surface area contributed by atoms with Gasteiger partial charge in [-0.25, -0.2) is 4.72 Å². The van der Waals surface area contributed by atoms with Crippen LogP contribution in [-0.2, 0) is 29.7 Å². The lowest BCUT2D eigenvalue weighted by Crippen LogP contribution is -2.46. The van der Waals surface area contributed by atoms with Gasteiger partial charge in [0.05, 0.1) is 5.69 Å². The Morgan fingerprint density at radius 2 is 1.59 bits per heavy atom. The molecule has 0 spiro atoms. The molecule has 1 unspecified atom stereocenters. The minimum absolute atomic E-state index is 0.254. The summed E-state index contributed by atoms with van der Waals surface area (Å²) < 4.78 is 32.8. The molecule has 3 heterocycles. The zero-order valence-electron chi connectivity index (χ0n) is 27.0. The van der Waals surface area contributed by atoms with Crippen LogP contribution in [-0.4, -0.2) is 79.3 Å². The van der Waals surface area contributed by atoms with Crippen LogP contribution in [0.25, 0.3) is 22.2 Å². The van der Waals surface area contributed by atoms with Crippen LogP contribution in [0, 0.1) is 0 Å². The molecule has 1 fully saturated rings. The summed E-state index contributed by atoms with van der Waals surface area (Å²) in [7, 11) is -0.263. The quantitative estimate of drug-likeness (QED) is 0.314. The van der Waals surface area contributed by atoms with Crippen molar-refractivity contribution in [2.75, 3.05) is 40.3 Å². The number of nitrogens with one attached hydrogen (secondary N) is 1. The predicted octanol–water partition coefficient (Wildman–Crippen LogP) is 5.63. The van der Waals surface area contributed by atoms with Gasteiger partial charge in [0, 0.05) is 74.4 Å². The van der Waals surface area contributed by atoms with Crippen molar-refractivity contribution in [2.45, 2.75) is 63.6 Å². The molecule has 7 rings (SSSR count). The number of carbonyl (C=O) groups excluding carboxylic acids is 1. The molecule has 1 N–H and O–H groups in total. The Balaban J connectivity index is 1.36. The summed E-state index contributed by atoms with van der Waals surface area (Å²) in [6.07, 6.45) is 7.02. The second-order valence-electron chi connectivity index (χ2n) is 13.5. The smallest absolute Gasteiger partial charge is 0.303 e. The first kappa shape index (κ1) is 31.1. The van der Waals surface area contributed by atoms with E-state index in [-0.39, 0.29) is 12.6 Å². The highest BCUT2D eigenvalue weighted by Crippen LogP contribution is 2.46. The highest BCUT2D eigenvalue weighted by molar-refractivity contribution is 7.87. The minimum Gasteiger partial charge on any atom is -0.339 e. The predicted molar refractivity (Wildman–Crippen MR) is 184 cm³/mol. The number of carbonyl (C=O) groups is 1. The first-order valence-electron chi connectivity index (χ1n) is 16.8. The summed E-state index contributed by atoms with van der Waals surface area (Å²) in [5.41, 5.74) is 7.90. The van der Waals surface area contributed by atoms with Gasteiger partial charge >= 0.3 is 10.2 Å². The number of hydrogen-bond donors (Lipinski definition) is 1. The van der Waals surface area contributed by atoms with Crippen LogP contribution in [0.15, 0.2) is 72.8 Å². The van der Waals surface area contributed by atoms with Crippen LogP contribution in [0.1, 0.15) is 65.1 Å². The Bertz CT molecular complexity index is 1830. The van der Waals surface area contributed by atoms with Crippen LogP contribution in [0.3, 0.4) is 0 Å². The van der Waals surface area contributed by atoms with E-state index in [1.807, 2.05) is 24.3 Å². The number of hydrogen-bond acceptors (Lipinski definition) is 5. The third-order valence-electron chi connectivity index (χ3n) is 10.5. The van der Waals surface area contributed by atoms with E-state index in [1.165, 1.54) is 69.7 Å². The van der Waals surface area contributed by atoms with E-state index in [1.54, 1.807) is 13.1 Å². The SMILES string of the molecule is CN1CCN(Cc2ccccc2)CCN(C)S(=O)(=O)NC(=O)c2ccc3c(C4CCCCC4)c4n(c3c2)CC1Cc1ccccc1-4. The molecule has 1 atom stereocenters. The van der Waals surface area contributed by atoms with Crippen molar-refractivity contribution in [1.82, 2.24) is 23.4 Å². The van der Waals surface area contributed by atoms with Crippen molar-refractivity contribution in [1.29, 1.82) is 0 Å². The monoisotopic (exact) mass is 639 g/mol. The Morgan fingerprint density at radius 1 is 0.848 bits per heavy atom. The van der Waals surface area contributed by atoms with Gasteiger partial charge < -0.3 is 9.47 Å². The minimum atomic E-state index is -4.03. The van der Waals surface area contributed by atoms with Crippen LogP contribution in [0.2, 0.25) is 0 Å². The summed E-state index contributed by atoms with van der Waals surface area (Å²) in [4.78, 5) is 18.4. The molecule has 3 aliphatic rings. The van der Waals surface area contributed by atoms with Crippen LogP contribution in [0.4, 0.5) is 0 Å². The van der Waals surface area contributed by atoms with Crippen LogP contribution in [0.5, 0.6) is 0 Å². The summed E-state index contributed by atoms with van der Waals surface area (Å²) in [5.74, 6) is -0.136. The lowest BCUT2D eigenvalue weighted by atomic mass is 9.81. The fraction of sp³-hybridized carbons (Fsp3) is 0.432. The zero-order chi connectivity index (χ0) is 31.8. The fourth-order valence-corrected chi connectivity index (χ4v) is 8.64. The van der Waals surface area contributed by atoms with Gasteiger partial charge in [-0.15, -0.1) is 0 Å². The third-order valence-corrected chi connectivity index (χ3v) is 12.0. The van der Waals surface area contributed by atoms with Gasteiger partial charge in [-0.2, -0.15) is 12.7 Å². The Kier molecular flexibility index (Phi) is 8.76. The Hall–Kier alpha value is -3.50. The molecule has 2 aliphatic heterocycles. The van der Waals surface area contributed by atoms with Crippen molar-refractivity contribution in [2.24, 2.45) is 0 Å². The van der Waals surface area contributed by atoms with Crippen LogP contribution >= 0.6 is 0 Å². The number of aromatic nitrogens is 1. The molecule has 242 valence electrons. The van der Waals surface area contributed by atoms with Crippen molar-refractivity contribution >= 4 is 27.0 Å². The molecule has 0 saturated heterocycles. The largest absolute Gasteiger partial charge is 0.339 e. The molecule has 1 aliphatic carbocycles. The molecular formula is C37H45N5O3S. The van der Waals surface area contributed by atoms with Crippen molar-refractivity contribution < 1.29 is 13.2 Å². The number of nitrogens with zero attached hydrogens (tertiary/aromatic N) is 4. The molecule has 4 aromatic rings. The molecule has 1 amide bonds. The lowest BCUT2D eigenvalue weighted by molar-refractivity contribution is 0.0979. The Morgan fingerprint density at radius 3 is 2.39 bits per heavy atom. The third kappa shape index (κ3) is 6.13. The molecule has 1 aromatic heterocycles. The van der Waals surface area contributed by atoms with E-state index in [9.17, 15) is 13.2 Å². The number of likely N-dealkylation sites (N-methyl/N-ethyl adjacent to an activating group) is 2. The van der Waals surface area contributed by atoms with Gasteiger partial charge in [-0.05, 0) is 61.1 Å². The molecule has 4 bridgehead atoms. The van der Waals surface area contributed by atoms with Gasteiger partial charge in [-0.1, -0.05) is 79.9 Å². The highest BCUT2D eigenvalue weighted by atomic mass is 32.2. The molecule has 0 radical (unpaired) electrons. The number of rotatable bonds is 3. The molecule has 9 heteroatoms. The maximum Gasteiger partial charge on any atom is 0.303 e. The van der Waals surface area contributed by atoms with E-state index in [0.717, 1.165) is 38.1 Å². The van der Waals surface area contributed by atoms with E-state index in [0.29, 0.717) is 18.0 Å².